The third-order valence-electron chi connectivity index (χ3n) is 9.69. The maximum Gasteiger partial charge on any atom is 0.410 e. The van der Waals surface area contributed by atoms with Crippen molar-refractivity contribution in [3.05, 3.63) is 46.6 Å². The van der Waals surface area contributed by atoms with Crippen LogP contribution >= 0.6 is 11.6 Å². The molecule has 216 valence electrons. The Hall–Kier alpha value is -2.78. The second-order valence-electron chi connectivity index (χ2n) is 12.7. The predicted octanol–water partition coefficient (Wildman–Crippen LogP) is 4.23. The molecule has 4 bridgehead atoms. The minimum Gasteiger partial charge on any atom is -0.445 e. The van der Waals surface area contributed by atoms with E-state index in [2.05, 4.69) is 15.3 Å². The number of carbonyl (C=O) groups excluding carboxylic acids is 2. The molecule has 1 aromatic carbocycles. The van der Waals surface area contributed by atoms with Crippen molar-refractivity contribution in [2.45, 2.75) is 63.2 Å². The molecule has 9 nitrogen and oxygen atoms in total. The molecule has 1 aliphatic heterocycles. The summed E-state index contributed by atoms with van der Waals surface area (Å²) in [5, 5.41) is 19.0. The summed E-state index contributed by atoms with van der Waals surface area (Å²) >= 11 is 6.78. The molecule has 2 N–H and O–H groups in total. The van der Waals surface area contributed by atoms with E-state index in [9.17, 15) is 14.7 Å². The number of rotatable bonds is 7. The van der Waals surface area contributed by atoms with Crippen LogP contribution in [0.2, 0.25) is 5.02 Å². The first kappa shape index (κ1) is 27.4. The van der Waals surface area contributed by atoms with Gasteiger partial charge in [0.15, 0.2) is 5.69 Å². The van der Waals surface area contributed by atoms with E-state index in [-0.39, 0.29) is 30.3 Å². The Kier molecular flexibility index (Phi) is 7.46. The van der Waals surface area contributed by atoms with E-state index >= 15 is 0 Å². The SMILES string of the molecule is CN(CC1CCN(C(=O)OCc2ccccc2)CC1)c1c(Cl)c(C(=O)N[C@H]2C3CC4CC2C[C@](O)(C4)C3)nn1C. The first-order chi connectivity index (χ1) is 19.2. The van der Waals surface area contributed by atoms with Gasteiger partial charge in [0, 0.05) is 39.8 Å². The molecular formula is C30H40ClN5O4. The van der Waals surface area contributed by atoms with Gasteiger partial charge in [0.25, 0.3) is 5.91 Å². The lowest BCUT2D eigenvalue weighted by Crippen LogP contribution is -2.61. The number of hydrogen-bond acceptors (Lipinski definition) is 6. The number of hydrogen-bond donors (Lipinski definition) is 2. The second-order valence-corrected chi connectivity index (χ2v) is 13.0. The van der Waals surface area contributed by atoms with E-state index in [0.29, 0.717) is 41.8 Å². The molecule has 40 heavy (non-hydrogen) atoms. The van der Waals surface area contributed by atoms with Gasteiger partial charge in [0.2, 0.25) is 0 Å². The summed E-state index contributed by atoms with van der Waals surface area (Å²) in [6.45, 7) is 2.33. The average molecular weight is 570 g/mol. The molecule has 2 amide bonds. The monoisotopic (exact) mass is 569 g/mol. The Balaban J connectivity index is 1.02. The molecule has 5 aliphatic rings. The summed E-state index contributed by atoms with van der Waals surface area (Å²) in [6, 6.07) is 9.78. The Morgan fingerprint density at radius 2 is 1.82 bits per heavy atom. The lowest BCUT2D eigenvalue weighted by atomic mass is 9.52. The van der Waals surface area contributed by atoms with E-state index in [1.54, 1.807) is 9.58 Å². The van der Waals surface area contributed by atoms with Crippen molar-refractivity contribution in [1.82, 2.24) is 20.0 Å². The highest BCUT2D eigenvalue weighted by molar-refractivity contribution is 6.36. The van der Waals surface area contributed by atoms with Crippen LogP contribution in [0.4, 0.5) is 10.6 Å². The van der Waals surface area contributed by atoms with Crippen molar-refractivity contribution in [1.29, 1.82) is 0 Å². The van der Waals surface area contributed by atoms with Crippen molar-refractivity contribution >= 4 is 29.4 Å². The van der Waals surface area contributed by atoms with Crippen molar-refractivity contribution in [3.63, 3.8) is 0 Å². The van der Waals surface area contributed by atoms with Gasteiger partial charge in [0.1, 0.15) is 17.4 Å². The molecule has 1 saturated heterocycles. The number of nitrogens with one attached hydrogen (secondary N) is 1. The maximum atomic E-state index is 13.4. The molecule has 1 aromatic heterocycles. The lowest BCUT2D eigenvalue weighted by Gasteiger charge is -2.58. The van der Waals surface area contributed by atoms with Crippen LogP contribution in [0.3, 0.4) is 0 Å². The number of anilines is 1. The van der Waals surface area contributed by atoms with E-state index in [4.69, 9.17) is 16.3 Å². The number of piperidine rings is 1. The Morgan fingerprint density at radius 3 is 2.48 bits per heavy atom. The number of aryl methyl sites for hydroxylation is 1. The van der Waals surface area contributed by atoms with Crippen molar-refractivity contribution in [2.75, 3.05) is 31.6 Å². The van der Waals surface area contributed by atoms with E-state index < -0.39 is 5.60 Å². The number of carbonyl (C=O) groups is 2. The van der Waals surface area contributed by atoms with Gasteiger partial charge >= 0.3 is 6.09 Å². The highest BCUT2D eigenvalue weighted by Gasteiger charge is 2.55. The smallest absolute Gasteiger partial charge is 0.410 e. The van der Waals surface area contributed by atoms with Crippen LogP contribution < -0.4 is 10.2 Å². The summed E-state index contributed by atoms with van der Waals surface area (Å²) in [4.78, 5) is 29.7. The Labute approximate surface area is 240 Å². The van der Waals surface area contributed by atoms with Gasteiger partial charge in [-0.15, -0.1) is 0 Å². The van der Waals surface area contributed by atoms with Crippen molar-refractivity contribution in [3.8, 4) is 0 Å². The fraction of sp³-hybridized carbons (Fsp3) is 0.633. The molecule has 10 heteroatoms. The molecule has 4 saturated carbocycles. The van der Waals surface area contributed by atoms with Gasteiger partial charge in [0.05, 0.1) is 5.60 Å². The van der Waals surface area contributed by atoms with Crippen LogP contribution in [0.25, 0.3) is 0 Å². The molecule has 4 aliphatic carbocycles. The Morgan fingerprint density at radius 1 is 1.15 bits per heavy atom. The first-order valence-electron chi connectivity index (χ1n) is 14.6. The fourth-order valence-electron chi connectivity index (χ4n) is 8.07. The highest BCUT2D eigenvalue weighted by Crippen LogP contribution is 2.55. The molecule has 2 atom stereocenters. The molecule has 7 rings (SSSR count). The molecule has 2 unspecified atom stereocenters. The number of amides is 2. The zero-order valence-corrected chi connectivity index (χ0v) is 24.1. The van der Waals surface area contributed by atoms with Gasteiger partial charge in [-0.25, -0.2) is 4.79 Å². The normalized spacial score (nSPS) is 29.4. The maximum absolute atomic E-state index is 13.4. The van der Waals surface area contributed by atoms with Crippen molar-refractivity contribution < 1.29 is 19.4 Å². The van der Waals surface area contributed by atoms with Crippen LogP contribution in [-0.4, -0.2) is 70.1 Å². The minimum atomic E-state index is -0.533. The molecule has 0 radical (unpaired) electrons. The fourth-order valence-corrected chi connectivity index (χ4v) is 8.46. The molecule has 2 heterocycles. The topological polar surface area (TPSA) is 99.9 Å². The third kappa shape index (κ3) is 5.42. The molecule has 5 fully saturated rings. The summed E-state index contributed by atoms with van der Waals surface area (Å²) in [6.07, 6.45) is 6.09. The van der Waals surface area contributed by atoms with Gasteiger partial charge in [-0.3, -0.25) is 9.48 Å². The average Bonchev–Trinajstić information content (AvgIpc) is 3.23. The van der Waals surface area contributed by atoms with Crippen molar-refractivity contribution in [2.24, 2.45) is 30.7 Å². The highest BCUT2D eigenvalue weighted by atomic mass is 35.5. The number of nitrogens with zero attached hydrogens (tertiary/aromatic N) is 4. The van der Waals surface area contributed by atoms with Gasteiger partial charge in [-0.1, -0.05) is 41.9 Å². The van der Waals surface area contributed by atoms with Crippen LogP contribution in [0.15, 0.2) is 30.3 Å². The third-order valence-corrected chi connectivity index (χ3v) is 10.0. The van der Waals surface area contributed by atoms with Gasteiger partial charge in [-0.2, -0.15) is 5.10 Å². The van der Waals surface area contributed by atoms with E-state index in [1.165, 1.54) is 0 Å². The van der Waals surface area contributed by atoms with Crippen LogP contribution in [0.1, 0.15) is 61.0 Å². The quantitative estimate of drug-likeness (QED) is 0.518. The predicted molar refractivity (Wildman–Crippen MR) is 152 cm³/mol. The second kappa shape index (κ2) is 10.9. The number of benzene rings is 1. The number of likely N-dealkylation sites (tertiary alicyclic amines) is 1. The number of ether oxygens (including phenoxy) is 1. The standard InChI is InChI=1S/C30H40ClN5O4/c1-34(17-19-8-10-36(11-9-19)29(38)40-18-20-6-4-3-5-7-20)28-24(31)26(33-35(28)2)27(37)32-25-22-12-21-13-23(25)16-30(39,14-21)15-22/h3-7,19,21-23,25,39H,8-18H2,1-2H3,(H,32,37)/t21?,22?,23?,25-,30-. The van der Waals surface area contributed by atoms with Crippen LogP contribution in [-0.2, 0) is 18.4 Å². The molecular weight excluding hydrogens is 530 g/mol. The summed E-state index contributed by atoms with van der Waals surface area (Å²) in [7, 11) is 3.79. The summed E-state index contributed by atoms with van der Waals surface area (Å²) < 4.78 is 7.19. The van der Waals surface area contributed by atoms with E-state index in [0.717, 1.165) is 62.9 Å². The number of halogens is 1. The first-order valence-corrected chi connectivity index (χ1v) is 15.0. The summed E-state index contributed by atoms with van der Waals surface area (Å²) in [5.74, 6) is 2.10. The van der Waals surface area contributed by atoms with Gasteiger partial charge < -0.3 is 25.0 Å². The van der Waals surface area contributed by atoms with Gasteiger partial charge in [-0.05, 0) is 74.2 Å². The molecule has 0 spiro atoms. The zero-order valence-electron chi connectivity index (χ0n) is 23.4. The number of aromatic nitrogens is 2. The zero-order chi connectivity index (χ0) is 28.0. The summed E-state index contributed by atoms with van der Waals surface area (Å²) in [5.41, 5.74) is 0.703. The minimum absolute atomic E-state index is 0.0770. The largest absolute Gasteiger partial charge is 0.445 e. The lowest BCUT2D eigenvalue weighted by molar-refractivity contribution is -0.136. The van der Waals surface area contributed by atoms with E-state index in [1.807, 2.05) is 44.4 Å². The van der Waals surface area contributed by atoms with Crippen LogP contribution in [0.5, 0.6) is 0 Å². The number of aliphatic hydroxyl groups is 1. The Bertz CT molecular complexity index is 1230. The molecule has 2 aromatic rings. The van der Waals surface area contributed by atoms with Crippen LogP contribution in [0, 0.1) is 23.7 Å².